The van der Waals surface area contributed by atoms with Gasteiger partial charge in [0.15, 0.2) is 0 Å². The van der Waals surface area contributed by atoms with Gasteiger partial charge >= 0.3 is 5.97 Å². The fraction of sp³-hybridized carbons (Fsp3) is 0.400. The molecule has 5 rings (SSSR count). The molecule has 0 spiro atoms. The molecule has 1 amide bonds. The number of hydrogen-bond acceptors (Lipinski definition) is 5. The van der Waals surface area contributed by atoms with Crippen molar-refractivity contribution in [1.82, 2.24) is 9.80 Å². The monoisotopic (exact) mass is 486 g/mol. The molecule has 3 aromatic carbocycles. The summed E-state index contributed by atoms with van der Waals surface area (Å²) in [5, 5.41) is 12.5. The molecule has 4 unspecified atom stereocenters. The molecular weight excluding hydrogens is 452 g/mol. The van der Waals surface area contributed by atoms with Gasteiger partial charge in [-0.25, -0.2) is 0 Å². The predicted octanol–water partition coefficient (Wildman–Crippen LogP) is 4.60. The zero-order chi connectivity index (χ0) is 25.4. The van der Waals surface area contributed by atoms with Crippen molar-refractivity contribution < 1.29 is 19.4 Å². The highest BCUT2D eigenvalue weighted by atomic mass is 16.5. The summed E-state index contributed by atoms with van der Waals surface area (Å²) in [5.74, 6) is -0.0411. The van der Waals surface area contributed by atoms with E-state index in [1.807, 2.05) is 66.5 Å². The molecule has 1 N–H and O–H groups in total. The molecule has 188 valence electrons. The third kappa shape index (κ3) is 4.46. The molecule has 1 saturated carbocycles. The second-order valence-electron chi connectivity index (χ2n) is 10.5. The van der Waals surface area contributed by atoms with Crippen LogP contribution in [-0.4, -0.2) is 66.1 Å². The average Bonchev–Trinajstić information content (AvgIpc) is 2.87. The molecule has 36 heavy (non-hydrogen) atoms. The average molecular weight is 487 g/mol. The lowest BCUT2D eigenvalue weighted by atomic mass is 9.56. The molecule has 6 heteroatoms. The largest absolute Gasteiger partial charge is 0.508 e. The van der Waals surface area contributed by atoms with Crippen molar-refractivity contribution >= 4 is 22.6 Å². The van der Waals surface area contributed by atoms with Gasteiger partial charge in [-0.1, -0.05) is 42.5 Å². The molecule has 3 aromatic rings. The summed E-state index contributed by atoms with van der Waals surface area (Å²) in [6.07, 6.45) is 1.89. The standard InChI is InChI=1S/C30H34N2O4/c1-20(33)36-28-17-25(32(3)29(35)23-12-11-21-7-4-5-8-22(21)15-23)18-30(13-14-31(2)19-27(28)30)24-9-6-10-26(34)16-24/h4-12,15-16,25,27-28,34H,13-14,17-19H2,1-3H3. The van der Waals surface area contributed by atoms with Crippen molar-refractivity contribution in [3.63, 3.8) is 0 Å². The van der Waals surface area contributed by atoms with E-state index in [1.165, 1.54) is 6.92 Å². The van der Waals surface area contributed by atoms with Gasteiger partial charge in [0.1, 0.15) is 11.9 Å². The lowest BCUT2D eigenvalue weighted by molar-refractivity contribution is -0.158. The number of piperidine rings is 1. The number of fused-ring (bicyclic) bond motifs is 2. The van der Waals surface area contributed by atoms with Gasteiger partial charge in [-0.15, -0.1) is 0 Å². The number of hydrogen-bond donors (Lipinski definition) is 1. The van der Waals surface area contributed by atoms with Crippen LogP contribution in [0.1, 0.15) is 42.1 Å². The Kier molecular flexibility index (Phi) is 6.47. The SMILES string of the molecule is CC(=O)OC1CC(N(C)C(=O)c2ccc3ccccc3c2)CC2(c3cccc(O)c3)CCN(C)CC12. The van der Waals surface area contributed by atoms with Crippen molar-refractivity contribution in [3.8, 4) is 5.75 Å². The Morgan fingerprint density at radius 1 is 1.06 bits per heavy atom. The van der Waals surface area contributed by atoms with Crippen molar-refractivity contribution in [1.29, 1.82) is 0 Å². The van der Waals surface area contributed by atoms with Crippen LogP contribution in [0.2, 0.25) is 0 Å². The molecule has 1 heterocycles. The molecular formula is C30H34N2O4. The second-order valence-corrected chi connectivity index (χ2v) is 10.5. The van der Waals surface area contributed by atoms with Crippen LogP contribution in [0.25, 0.3) is 10.8 Å². The Hall–Kier alpha value is -3.38. The van der Waals surface area contributed by atoms with Crippen LogP contribution in [0.4, 0.5) is 0 Å². The lowest BCUT2D eigenvalue weighted by Crippen LogP contribution is -2.61. The highest BCUT2D eigenvalue weighted by molar-refractivity contribution is 5.98. The minimum atomic E-state index is -0.321. The number of aromatic hydroxyl groups is 1. The van der Waals surface area contributed by atoms with Crippen molar-refractivity contribution in [3.05, 3.63) is 77.9 Å². The number of rotatable bonds is 4. The summed E-state index contributed by atoms with van der Waals surface area (Å²) in [5.41, 5.74) is 1.39. The van der Waals surface area contributed by atoms with Crippen molar-refractivity contribution in [2.45, 2.75) is 43.7 Å². The van der Waals surface area contributed by atoms with Gasteiger partial charge in [0.2, 0.25) is 0 Å². The summed E-state index contributed by atoms with van der Waals surface area (Å²) in [4.78, 5) is 30.0. The van der Waals surface area contributed by atoms with Crippen LogP contribution in [0.3, 0.4) is 0 Å². The van der Waals surface area contributed by atoms with Gasteiger partial charge < -0.3 is 19.6 Å². The molecule has 2 aliphatic rings. The number of phenolic OH excluding ortho intramolecular Hbond substituents is 1. The van der Waals surface area contributed by atoms with E-state index in [9.17, 15) is 14.7 Å². The third-order valence-corrected chi connectivity index (χ3v) is 8.31. The molecule has 0 aromatic heterocycles. The van der Waals surface area contributed by atoms with Gasteiger partial charge in [-0.2, -0.15) is 0 Å². The van der Waals surface area contributed by atoms with Crippen LogP contribution in [0, 0.1) is 5.92 Å². The third-order valence-electron chi connectivity index (χ3n) is 8.31. The van der Waals surface area contributed by atoms with Gasteiger partial charge in [0, 0.05) is 49.9 Å². The number of benzene rings is 3. The van der Waals surface area contributed by atoms with Gasteiger partial charge in [0.25, 0.3) is 5.91 Å². The maximum absolute atomic E-state index is 13.7. The summed E-state index contributed by atoms with van der Waals surface area (Å²) in [6.45, 7) is 3.15. The Labute approximate surface area is 212 Å². The van der Waals surface area contributed by atoms with Crippen molar-refractivity contribution in [2.24, 2.45) is 5.92 Å². The zero-order valence-electron chi connectivity index (χ0n) is 21.2. The quantitative estimate of drug-likeness (QED) is 0.546. The van der Waals surface area contributed by atoms with E-state index in [0.29, 0.717) is 12.0 Å². The first-order valence-corrected chi connectivity index (χ1v) is 12.7. The summed E-state index contributed by atoms with van der Waals surface area (Å²) in [6, 6.07) is 21.2. The summed E-state index contributed by atoms with van der Waals surface area (Å²) < 4.78 is 5.94. The molecule has 2 fully saturated rings. The molecule has 1 aliphatic heterocycles. The zero-order valence-corrected chi connectivity index (χ0v) is 21.2. The Morgan fingerprint density at radius 2 is 1.83 bits per heavy atom. The van der Waals surface area contributed by atoms with Crippen LogP contribution < -0.4 is 0 Å². The van der Waals surface area contributed by atoms with E-state index in [-0.39, 0.29) is 41.1 Å². The lowest BCUT2D eigenvalue weighted by Gasteiger charge is -2.56. The topological polar surface area (TPSA) is 70.1 Å². The van der Waals surface area contributed by atoms with E-state index < -0.39 is 0 Å². The summed E-state index contributed by atoms with van der Waals surface area (Å²) in [7, 11) is 3.96. The van der Waals surface area contributed by atoms with Crippen LogP contribution >= 0.6 is 0 Å². The number of nitrogens with zero attached hydrogens (tertiary/aromatic N) is 2. The molecule has 6 nitrogen and oxygen atoms in total. The van der Waals surface area contributed by atoms with Gasteiger partial charge in [-0.3, -0.25) is 9.59 Å². The number of esters is 1. The van der Waals surface area contributed by atoms with Crippen molar-refractivity contribution in [2.75, 3.05) is 27.2 Å². The van der Waals surface area contributed by atoms with Gasteiger partial charge in [-0.05, 0) is 67.0 Å². The maximum atomic E-state index is 13.7. The van der Waals surface area contributed by atoms with E-state index in [2.05, 4.69) is 18.0 Å². The molecule has 1 saturated heterocycles. The van der Waals surface area contributed by atoms with E-state index in [1.54, 1.807) is 6.07 Å². The Balaban J connectivity index is 1.52. The fourth-order valence-electron chi connectivity index (χ4n) is 6.46. The van der Waals surface area contributed by atoms with Crippen LogP contribution in [0.15, 0.2) is 66.7 Å². The minimum Gasteiger partial charge on any atom is -0.508 e. The molecule has 0 bridgehead atoms. The molecule has 1 aliphatic carbocycles. The second kappa shape index (κ2) is 9.58. The Morgan fingerprint density at radius 3 is 2.58 bits per heavy atom. The minimum absolute atomic E-state index is 0.0373. The number of likely N-dealkylation sites (tertiary alicyclic amines) is 1. The highest BCUT2D eigenvalue weighted by Crippen LogP contribution is 2.51. The van der Waals surface area contributed by atoms with Gasteiger partial charge in [0.05, 0.1) is 0 Å². The number of carbonyl (C=O) groups excluding carboxylic acids is 2. The fourth-order valence-corrected chi connectivity index (χ4v) is 6.46. The maximum Gasteiger partial charge on any atom is 0.302 e. The number of phenols is 1. The number of ether oxygens (including phenoxy) is 1. The van der Waals surface area contributed by atoms with E-state index in [4.69, 9.17) is 4.74 Å². The first kappa shape index (κ1) is 24.3. The first-order valence-electron chi connectivity index (χ1n) is 12.7. The normalized spacial score (nSPS) is 26.2. The van der Waals surface area contributed by atoms with E-state index >= 15 is 0 Å². The smallest absolute Gasteiger partial charge is 0.302 e. The first-order chi connectivity index (χ1) is 17.3. The van der Waals surface area contributed by atoms with E-state index in [0.717, 1.165) is 42.3 Å². The predicted molar refractivity (Wildman–Crippen MR) is 140 cm³/mol. The van der Waals surface area contributed by atoms with Crippen LogP contribution in [-0.2, 0) is 14.9 Å². The van der Waals surface area contributed by atoms with Crippen LogP contribution in [0.5, 0.6) is 5.75 Å². The highest BCUT2D eigenvalue weighted by Gasteiger charge is 2.54. The summed E-state index contributed by atoms with van der Waals surface area (Å²) >= 11 is 0. The molecule has 4 atom stereocenters. The number of carbonyl (C=O) groups is 2. The molecule has 0 radical (unpaired) electrons. The number of amides is 1. The Bertz CT molecular complexity index is 1290.